The van der Waals surface area contributed by atoms with Gasteiger partial charge in [-0.25, -0.2) is 0 Å². The summed E-state index contributed by atoms with van der Waals surface area (Å²) in [5.41, 5.74) is 0. The zero-order chi connectivity index (χ0) is 10.8. The van der Waals surface area contributed by atoms with Crippen molar-refractivity contribution in [1.82, 2.24) is 4.98 Å². The van der Waals surface area contributed by atoms with Crippen molar-refractivity contribution in [3.8, 4) is 5.88 Å². The normalized spacial score (nSPS) is 25.7. The molecule has 2 atom stereocenters. The molecule has 1 fully saturated rings. The molecule has 0 amide bonds. The van der Waals surface area contributed by atoms with Crippen LogP contribution in [0, 0.1) is 0 Å². The van der Waals surface area contributed by atoms with Crippen molar-refractivity contribution < 1.29 is 4.74 Å². The van der Waals surface area contributed by atoms with Crippen molar-refractivity contribution in [2.24, 2.45) is 0 Å². The first-order valence-electron chi connectivity index (χ1n) is 5.12. The second kappa shape index (κ2) is 4.27. The SMILES string of the molecule is COc1cccc(N2CC(Cl)CC2C)n1. The molecule has 1 aliphatic heterocycles. The second-order valence-electron chi connectivity index (χ2n) is 3.87. The number of methoxy groups -OCH3 is 1. The highest BCUT2D eigenvalue weighted by atomic mass is 35.5. The maximum Gasteiger partial charge on any atom is 0.214 e. The van der Waals surface area contributed by atoms with E-state index in [1.54, 1.807) is 7.11 Å². The Morgan fingerprint density at radius 1 is 1.53 bits per heavy atom. The number of hydrogen-bond acceptors (Lipinski definition) is 3. The first-order chi connectivity index (χ1) is 7.20. The Bertz CT molecular complexity index is 345. The van der Waals surface area contributed by atoms with Crippen LogP contribution in [0.3, 0.4) is 0 Å². The molecule has 2 heterocycles. The Labute approximate surface area is 95.0 Å². The van der Waals surface area contributed by atoms with Crippen LogP contribution in [0.2, 0.25) is 0 Å². The fourth-order valence-corrected chi connectivity index (χ4v) is 2.37. The van der Waals surface area contributed by atoms with E-state index in [0.29, 0.717) is 11.9 Å². The highest BCUT2D eigenvalue weighted by Crippen LogP contribution is 2.27. The molecule has 15 heavy (non-hydrogen) atoms. The van der Waals surface area contributed by atoms with E-state index in [1.807, 2.05) is 18.2 Å². The van der Waals surface area contributed by atoms with Crippen LogP contribution in [0.15, 0.2) is 18.2 Å². The predicted octanol–water partition coefficient (Wildman–Crippen LogP) is 2.30. The average Bonchev–Trinajstić information content (AvgIpc) is 2.58. The maximum absolute atomic E-state index is 6.12. The molecule has 1 aromatic heterocycles. The van der Waals surface area contributed by atoms with Gasteiger partial charge in [-0.2, -0.15) is 4.98 Å². The molecule has 4 heteroatoms. The van der Waals surface area contributed by atoms with Crippen LogP contribution < -0.4 is 9.64 Å². The molecule has 2 unspecified atom stereocenters. The number of rotatable bonds is 2. The molecule has 1 aromatic rings. The largest absolute Gasteiger partial charge is 0.481 e. The lowest BCUT2D eigenvalue weighted by molar-refractivity contribution is 0.398. The quantitative estimate of drug-likeness (QED) is 0.724. The second-order valence-corrected chi connectivity index (χ2v) is 4.49. The summed E-state index contributed by atoms with van der Waals surface area (Å²) in [7, 11) is 1.63. The van der Waals surface area contributed by atoms with Gasteiger partial charge in [0.15, 0.2) is 0 Å². The first kappa shape index (κ1) is 10.6. The van der Waals surface area contributed by atoms with Crippen molar-refractivity contribution in [3.63, 3.8) is 0 Å². The zero-order valence-electron chi connectivity index (χ0n) is 8.98. The molecule has 0 saturated carbocycles. The van der Waals surface area contributed by atoms with Gasteiger partial charge >= 0.3 is 0 Å². The third kappa shape index (κ3) is 2.17. The molecule has 3 nitrogen and oxygen atoms in total. The third-order valence-corrected chi connectivity index (χ3v) is 3.05. The number of aromatic nitrogens is 1. The molecule has 0 aromatic carbocycles. The monoisotopic (exact) mass is 226 g/mol. The van der Waals surface area contributed by atoms with Gasteiger partial charge in [-0.05, 0) is 19.4 Å². The first-order valence-corrected chi connectivity index (χ1v) is 5.56. The van der Waals surface area contributed by atoms with Gasteiger partial charge in [0.2, 0.25) is 5.88 Å². The third-order valence-electron chi connectivity index (χ3n) is 2.74. The summed E-state index contributed by atoms with van der Waals surface area (Å²) in [4.78, 5) is 6.63. The average molecular weight is 227 g/mol. The van der Waals surface area contributed by atoms with Crippen LogP contribution >= 0.6 is 11.6 Å². The molecule has 1 saturated heterocycles. The van der Waals surface area contributed by atoms with E-state index in [1.165, 1.54) is 0 Å². The summed E-state index contributed by atoms with van der Waals surface area (Å²) < 4.78 is 5.11. The Hall–Kier alpha value is -0.960. The van der Waals surface area contributed by atoms with Crippen LogP contribution in [0.1, 0.15) is 13.3 Å². The zero-order valence-corrected chi connectivity index (χ0v) is 9.74. The Balaban J connectivity index is 2.21. The standard InChI is InChI=1S/C11H15ClN2O/c1-8-6-9(12)7-14(8)10-4-3-5-11(13-10)15-2/h3-5,8-9H,6-7H2,1-2H3. The number of ether oxygens (including phenoxy) is 1. The van der Waals surface area contributed by atoms with Crippen molar-refractivity contribution >= 4 is 17.4 Å². The van der Waals surface area contributed by atoms with Crippen molar-refractivity contribution in [2.45, 2.75) is 24.8 Å². The minimum Gasteiger partial charge on any atom is -0.481 e. The van der Waals surface area contributed by atoms with E-state index >= 15 is 0 Å². The molecule has 1 aliphatic rings. The number of pyridine rings is 1. The van der Waals surface area contributed by atoms with Crippen molar-refractivity contribution in [1.29, 1.82) is 0 Å². The van der Waals surface area contributed by atoms with Gasteiger partial charge in [-0.3, -0.25) is 0 Å². The number of anilines is 1. The fraction of sp³-hybridized carbons (Fsp3) is 0.545. The van der Waals surface area contributed by atoms with Gasteiger partial charge in [-0.1, -0.05) is 6.07 Å². The van der Waals surface area contributed by atoms with Gasteiger partial charge in [0, 0.05) is 18.7 Å². The van der Waals surface area contributed by atoms with Gasteiger partial charge in [0.05, 0.1) is 12.5 Å². The van der Waals surface area contributed by atoms with E-state index in [9.17, 15) is 0 Å². The molecule has 0 N–H and O–H groups in total. The van der Waals surface area contributed by atoms with E-state index in [-0.39, 0.29) is 5.38 Å². The molecule has 2 rings (SSSR count). The van der Waals surface area contributed by atoms with Gasteiger partial charge in [0.1, 0.15) is 5.82 Å². The molecule has 0 aliphatic carbocycles. The van der Waals surface area contributed by atoms with Crippen LogP contribution in [0.4, 0.5) is 5.82 Å². The smallest absolute Gasteiger partial charge is 0.214 e. The lowest BCUT2D eigenvalue weighted by Crippen LogP contribution is -2.27. The summed E-state index contributed by atoms with van der Waals surface area (Å²) in [6.07, 6.45) is 1.01. The topological polar surface area (TPSA) is 25.4 Å². The van der Waals surface area contributed by atoms with Gasteiger partial charge in [0.25, 0.3) is 0 Å². The number of alkyl halides is 1. The summed E-state index contributed by atoms with van der Waals surface area (Å²) in [6.45, 7) is 3.03. The fourth-order valence-electron chi connectivity index (χ4n) is 1.96. The van der Waals surface area contributed by atoms with Crippen LogP contribution in [-0.4, -0.2) is 30.1 Å². The summed E-state index contributed by atoms with van der Waals surface area (Å²) >= 11 is 6.12. The highest BCUT2D eigenvalue weighted by Gasteiger charge is 2.28. The molecule has 0 bridgehead atoms. The minimum atomic E-state index is 0.230. The Morgan fingerprint density at radius 3 is 2.93 bits per heavy atom. The van der Waals surface area contributed by atoms with Crippen LogP contribution in [0.25, 0.3) is 0 Å². The lowest BCUT2D eigenvalue weighted by Gasteiger charge is -2.22. The van der Waals surface area contributed by atoms with E-state index < -0.39 is 0 Å². The van der Waals surface area contributed by atoms with Crippen LogP contribution in [0.5, 0.6) is 5.88 Å². The molecular formula is C11H15ClN2O. The molecule has 0 spiro atoms. The van der Waals surface area contributed by atoms with E-state index in [4.69, 9.17) is 16.3 Å². The van der Waals surface area contributed by atoms with Gasteiger partial charge < -0.3 is 9.64 Å². The lowest BCUT2D eigenvalue weighted by atomic mass is 10.2. The van der Waals surface area contributed by atoms with Crippen molar-refractivity contribution in [3.05, 3.63) is 18.2 Å². The number of nitrogens with zero attached hydrogens (tertiary/aromatic N) is 2. The Kier molecular flexibility index (Phi) is 3.00. The Morgan fingerprint density at radius 2 is 2.33 bits per heavy atom. The highest BCUT2D eigenvalue weighted by molar-refractivity contribution is 6.21. The molecule has 0 radical (unpaired) electrons. The van der Waals surface area contributed by atoms with E-state index in [2.05, 4.69) is 16.8 Å². The molecular weight excluding hydrogens is 212 g/mol. The minimum absolute atomic E-state index is 0.230. The number of halogens is 1. The number of hydrogen-bond donors (Lipinski definition) is 0. The summed E-state index contributed by atoms with van der Waals surface area (Å²) in [5.74, 6) is 1.60. The maximum atomic E-state index is 6.12. The summed E-state index contributed by atoms with van der Waals surface area (Å²) in [6, 6.07) is 6.25. The van der Waals surface area contributed by atoms with Crippen molar-refractivity contribution in [2.75, 3.05) is 18.6 Å². The van der Waals surface area contributed by atoms with Gasteiger partial charge in [-0.15, -0.1) is 11.6 Å². The predicted molar refractivity (Wildman–Crippen MR) is 61.9 cm³/mol. The van der Waals surface area contributed by atoms with Crippen LogP contribution in [-0.2, 0) is 0 Å². The summed E-state index contributed by atoms with van der Waals surface area (Å²) in [5, 5.41) is 0.230. The van der Waals surface area contributed by atoms with E-state index in [0.717, 1.165) is 18.8 Å². The molecule has 82 valence electrons.